The van der Waals surface area contributed by atoms with E-state index in [-0.39, 0.29) is 61.1 Å². The molecule has 1 heterocycles. The number of benzene rings is 2. The second-order valence-electron chi connectivity index (χ2n) is 28.3. The van der Waals surface area contributed by atoms with Crippen molar-refractivity contribution >= 4 is 23.9 Å². The van der Waals surface area contributed by atoms with E-state index in [1.54, 1.807) is 24.3 Å². The van der Waals surface area contributed by atoms with Crippen LogP contribution in [0.2, 0.25) is 0 Å². The molecule has 1 aliphatic rings. The number of carbonyl (C=O) groups is 4. The molecule has 10 nitrogen and oxygen atoms in total. The second kappa shape index (κ2) is 62.9. The van der Waals surface area contributed by atoms with Gasteiger partial charge in [0, 0.05) is 55.4 Å². The smallest absolute Gasteiger partial charge is 0.311 e. The molecule has 1 unspecified atom stereocenters. The van der Waals surface area contributed by atoms with E-state index in [1.165, 1.54) is 187 Å². The number of methoxy groups -OCH3 is 1. The molecule has 2 atom stereocenters. The zero-order valence-electron chi connectivity index (χ0n) is 63.5. The first-order valence-electron chi connectivity index (χ1n) is 41.2. The number of allylic oxidation sites excluding steroid dienone is 8. The average molecular weight is 1360 g/mol. The number of hydrogen-bond acceptors (Lipinski definition) is 10. The first-order valence-corrected chi connectivity index (χ1v) is 41.2. The molecule has 0 amide bonds. The fourth-order valence-corrected chi connectivity index (χ4v) is 13.0. The topological polar surface area (TPSA) is 124 Å². The van der Waals surface area contributed by atoms with Gasteiger partial charge in [0.05, 0.1) is 7.11 Å². The van der Waals surface area contributed by atoms with Crippen LogP contribution in [0.25, 0.3) is 0 Å². The molecule has 1 aliphatic heterocycles. The van der Waals surface area contributed by atoms with Crippen LogP contribution in [0.3, 0.4) is 0 Å². The largest absolute Gasteiger partial charge is 0.493 e. The maximum atomic E-state index is 14.0. The van der Waals surface area contributed by atoms with Crippen molar-refractivity contribution in [3.05, 3.63) is 90.1 Å². The maximum Gasteiger partial charge on any atom is 0.311 e. The van der Waals surface area contributed by atoms with Gasteiger partial charge in [-0.15, -0.1) is 0 Å². The third kappa shape index (κ3) is 46.3. The third-order valence-corrected chi connectivity index (χ3v) is 19.2. The van der Waals surface area contributed by atoms with Gasteiger partial charge in [0.1, 0.15) is 23.4 Å². The zero-order valence-corrected chi connectivity index (χ0v) is 63.5. The molecule has 2 aromatic rings. The summed E-state index contributed by atoms with van der Waals surface area (Å²) in [7, 11) is 1.54. The van der Waals surface area contributed by atoms with Crippen molar-refractivity contribution in [2.24, 2.45) is 0 Å². The first kappa shape index (κ1) is 87.1. The fourth-order valence-electron chi connectivity index (χ4n) is 13.0. The van der Waals surface area contributed by atoms with Crippen molar-refractivity contribution in [2.75, 3.05) is 7.11 Å². The van der Waals surface area contributed by atoms with Gasteiger partial charge in [-0.2, -0.15) is 0 Å². The summed E-state index contributed by atoms with van der Waals surface area (Å²) in [5.41, 5.74) is 1.20. The van der Waals surface area contributed by atoms with E-state index in [0.717, 1.165) is 135 Å². The van der Waals surface area contributed by atoms with Gasteiger partial charge in [0.25, 0.3) is 0 Å². The van der Waals surface area contributed by atoms with Crippen LogP contribution < -0.4 is 23.7 Å². The standard InChI is InChI=1S/C88H144O10/c1-6-10-14-18-22-26-30-34-38-42-46-50-54-58-62-66-84(89)94-77-73-80(96-86(91)68-64-60-56-52-48-44-40-36-32-28-24-20-16-12-8-3)78-75-83(97-87(92)69-65-61-57-53-49-45-41-37-33-29-25-21-17-13-9-4)88(98-81(78)74-77)76-70-71-79(82(72-76)93-5)95-85(90)67-63-59-55-51-47-43-39-35-31-27-23-19-15-11-7-2/h34-41,70-74,83,88H,6-33,42-69,75H2,1-5H3/b38-34-,39-35-,40-36-,41-37-/t83-,88?/m0/s1. The Bertz CT molecular complexity index is 2420. The Hall–Kier alpha value is -5.12. The molecule has 0 radical (unpaired) electrons. The van der Waals surface area contributed by atoms with Crippen molar-refractivity contribution in [1.82, 2.24) is 0 Å². The molecule has 0 saturated heterocycles. The fraction of sp³-hybridized carbons (Fsp3) is 0.727. The summed E-state index contributed by atoms with van der Waals surface area (Å²) < 4.78 is 37.4. The van der Waals surface area contributed by atoms with Crippen LogP contribution in [0, 0.1) is 0 Å². The summed E-state index contributed by atoms with van der Waals surface area (Å²) in [6, 6.07) is 8.61. The van der Waals surface area contributed by atoms with E-state index in [1.807, 2.05) is 6.07 Å². The van der Waals surface area contributed by atoms with Crippen molar-refractivity contribution in [1.29, 1.82) is 0 Å². The Labute approximate surface area is 600 Å². The number of fused-ring (bicyclic) bond motifs is 1. The lowest BCUT2D eigenvalue weighted by atomic mass is 9.93. The molecule has 0 fully saturated rings. The molecule has 0 bridgehead atoms. The minimum Gasteiger partial charge on any atom is -0.493 e. The SMILES string of the molecule is CCCCCCCC/C=C\CCCCCCCC(=O)Oc1cc(OC(=O)CCCCCCC/C=C\CCCCCCCC)c2c(c1)OC(c1ccc(OC(=O)CCCCCCC/C=C\CCCCCCCC)c(OC)c1)[C@@H](OC(=O)CCCCCCC/C=C\CCCCCCCC)C2. The highest BCUT2D eigenvalue weighted by Gasteiger charge is 2.38. The van der Waals surface area contributed by atoms with Gasteiger partial charge in [-0.3, -0.25) is 19.2 Å². The van der Waals surface area contributed by atoms with E-state index in [9.17, 15) is 19.2 Å². The average Bonchev–Trinajstić information content (AvgIpc) is 0.772. The van der Waals surface area contributed by atoms with Crippen LogP contribution in [0.5, 0.6) is 28.7 Å². The molecule has 0 saturated carbocycles. The number of carbonyl (C=O) groups excluding carboxylic acids is 4. The molecule has 0 spiro atoms. The predicted molar refractivity (Wildman–Crippen MR) is 411 cm³/mol. The van der Waals surface area contributed by atoms with E-state index in [4.69, 9.17) is 28.4 Å². The third-order valence-electron chi connectivity index (χ3n) is 19.2. The molecule has 556 valence electrons. The van der Waals surface area contributed by atoms with E-state index < -0.39 is 12.2 Å². The summed E-state index contributed by atoms with van der Waals surface area (Å²) in [6.07, 6.45) is 79.0. The normalized spacial score (nSPS) is 13.8. The number of esters is 4. The number of unbranched alkanes of at least 4 members (excludes halogenated alkanes) is 44. The molecule has 10 heteroatoms. The highest BCUT2D eigenvalue weighted by molar-refractivity contribution is 5.76. The van der Waals surface area contributed by atoms with Gasteiger partial charge >= 0.3 is 23.9 Å². The zero-order chi connectivity index (χ0) is 70.2. The Kier molecular flexibility index (Phi) is 55.9. The summed E-state index contributed by atoms with van der Waals surface area (Å²) in [5.74, 6) is 0.0504. The van der Waals surface area contributed by atoms with Crippen LogP contribution in [0.4, 0.5) is 0 Å². The van der Waals surface area contributed by atoms with Gasteiger partial charge < -0.3 is 28.4 Å². The lowest BCUT2D eigenvalue weighted by Crippen LogP contribution is -2.35. The van der Waals surface area contributed by atoms with Crippen LogP contribution in [-0.2, 0) is 30.3 Å². The van der Waals surface area contributed by atoms with E-state index in [2.05, 4.69) is 76.3 Å². The van der Waals surface area contributed by atoms with Gasteiger partial charge in [0.2, 0.25) is 0 Å². The molecular weight excluding hydrogens is 1220 g/mol. The van der Waals surface area contributed by atoms with Crippen molar-refractivity contribution in [3.63, 3.8) is 0 Å². The van der Waals surface area contributed by atoms with Gasteiger partial charge in [-0.25, -0.2) is 0 Å². The molecular formula is C88H144O10. The Balaban J connectivity index is 1.73. The lowest BCUT2D eigenvalue weighted by Gasteiger charge is -2.34. The molecule has 2 aromatic carbocycles. The van der Waals surface area contributed by atoms with Crippen LogP contribution in [-0.4, -0.2) is 37.1 Å². The monoisotopic (exact) mass is 1360 g/mol. The number of rotatable bonds is 66. The van der Waals surface area contributed by atoms with Crippen LogP contribution in [0.1, 0.15) is 404 Å². The Morgan fingerprint density at radius 3 is 1.00 bits per heavy atom. The minimum absolute atomic E-state index is 0.173. The number of hydrogen-bond donors (Lipinski definition) is 0. The molecule has 0 N–H and O–H groups in total. The quantitative estimate of drug-likeness (QED) is 0.0274. The minimum atomic E-state index is -0.837. The van der Waals surface area contributed by atoms with E-state index >= 15 is 0 Å². The summed E-state index contributed by atoms with van der Waals surface area (Å²) in [4.78, 5) is 54.7. The Morgan fingerprint density at radius 2 is 0.653 bits per heavy atom. The van der Waals surface area contributed by atoms with Crippen molar-refractivity contribution in [3.8, 4) is 28.7 Å². The van der Waals surface area contributed by atoms with Crippen LogP contribution >= 0.6 is 0 Å². The Morgan fingerprint density at radius 1 is 0.347 bits per heavy atom. The van der Waals surface area contributed by atoms with Gasteiger partial charge in [-0.05, 0) is 141 Å². The maximum absolute atomic E-state index is 14.0. The summed E-state index contributed by atoms with van der Waals surface area (Å²) >= 11 is 0. The number of ether oxygens (including phenoxy) is 6. The van der Waals surface area contributed by atoms with E-state index in [0.29, 0.717) is 54.1 Å². The van der Waals surface area contributed by atoms with Crippen molar-refractivity contribution < 1.29 is 47.6 Å². The van der Waals surface area contributed by atoms with Gasteiger partial charge in [-0.1, -0.05) is 288 Å². The molecule has 3 rings (SSSR count). The van der Waals surface area contributed by atoms with Crippen LogP contribution in [0.15, 0.2) is 78.9 Å². The molecule has 0 aromatic heterocycles. The first-order chi connectivity index (χ1) is 48.2. The highest BCUT2D eigenvalue weighted by atomic mass is 16.6. The highest BCUT2D eigenvalue weighted by Crippen LogP contribution is 2.45. The van der Waals surface area contributed by atoms with Crippen molar-refractivity contribution in [2.45, 2.75) is 406 Å². The molecule has 98 heavy (non-hydrogen) atoms. The molecule has 0 aliphatic carbocycles. The predicted octanol–water partition coefficient (Wildman–Crippen LogP) is 27.1. The summed E-state index contributed by atoms with van der Waals surface area (Å²) in [5, 5.41) is 0. The second-order valence-corrected chi connectivity index (χ2v) is 28.3. The van der Waals surface area contributed by atoms with Gasteiger partial charge in [0.15, 0.2) is 17.6 Å². The summed E-state index contributed by atoms with van der Waals surface area (Å²) in [6.45, 7) is 9.05. The lowest BCUT2D eigenvalue weighted by molar-refractivity contribution is -0.155.